The molecule has 0 fully saturated rings. The van der Waals surface area contributed by atoms with Crippen molar-refractivity contribution in [2.75, 3.05) is 0 Å². The third-order valence-corrected chi connectivity index (χ3v) is 3.32. The van der Waals surface area contributed by atoms with E-state index in [1.54, 1.807) is 0 Å². The Kier molecular flexibility index (Phi) is 3.95. The van der Waals surface area contributed by atoms with Gasteiger partial charge in [0.05, 0.1) is 0 Å². The van der Waals surface area contributed by atoms with Gasteiger partial charge in [0.15, 0.2) is 0 Å². The average Bonchev–Trinajstić information content (AvgIpc) is 2.53. The van der Waals surface area contributed by atoms with Crippen LogP contribution in [0, 0.1) is 12.3 Å². The number of aromatic nitrogens is 1. The summed E-state index contributed by atoms with van der Waals surface area (Å²) in [5.41, 5.74) is 5.46. The van der Waals surface area contributed by atoms with E-state index in [1.807, 2.05) is 6.08 Å². The largest absolute Gasteiger partial charge is 0.364 e. The van der Waals surface area contributed by atoms with Gasteiger partial charge < -0.3 is 4.98 Å². The molecule has 0 aliphatic heterocycles. The Bertz CT molecular complexity index is 459. The zero-order valence-electron chi connectivity index (χ0n) is 12.9. The molecule has 1 aromatic rings. The van der Waals surface area contributed by atoms with Crippen LogP contribution in [0.25, 0.3) is 6.08 Å². The third kappa shape index (κ3) is 3.16. The van der Waals surface area contributed by atoms with Gasteiger partial charge in [-0.05, 0) is 40.5 Å². The molecule has 1 nitrogen and oxygen atoms in total. The van der Waals surface area contributed by atoms with Crippen molar-refractivity contribution in [2.45, 2.75) is 53.9 Å². The van der Waals surface area contributed by atoms with Gasteiger partial charge in [-0.15, -0.1) is 0 Å². The van der Waals surface area contributed by atoms with Crippen molar-refractivity contribution < 1.29 is 0 Å². The summed E-state index contributed by atoms with van der Waals surface area (Å²) in [7, 11) is 0. The van der Waals surface area contributed by atoms with Crippen molar-refractivity contribution in [1.82, 2.24) is 4.98 Å². The number of allylic oxidation sites excluding steroid dienone is 2. The topological polar surface area (TPSA) is 15.8 Å². The first-order valence-corrected chi connectivity index (χ1v) is 6.60. The predicted molar refractivity (Wildman–Crippen MR) is 81.9 cm³/mol. The van der Waals surface area contributed by atoms with Crippen LogP contribution in [0.15, 0.2) is 24.4 Å². The molecule has 1 rings (SSSR count). The molecule has 0 aliphatic rings. The van der Waals surface area contributed by atoms with Gasteiger partial charge in [-0.1, -0.05) is 54.2 Å². The van der Waals surface area contributed by atoms with Crippen molar-refractivity contribution in [3.8, 4) is 0 Å². The second-order valence-electron chi connectivity index (χ2n) is 7.04. The molecule has 0 unspecified atom stereocenters. The van der Waals surface area contributed by atoms with Crippen molar-refractivity contribution in [3.63, 3.8) is 0 Å². The lowest BCUT2D eigenvalue weighted by atomic mass is 9.81. The lowest BCUT2D eigenvalue weighted by molar-refractivity contribution is 0.520. The van der Waals surface area contributed by atoms with Crippen molar-refractivity contribution >= 4 is 6.08 Å². The normalized spacial score (nSPS) is 13.8. The summed E-state index contributed by atoms with van der Waals surface area (Å²) in [5, 5.41) is 0. The summed E-state index contributed by atoms with van der Waals surface area (Å²) in [4.78, 5) is 3.35. The molecule has 0 aromatic carbocycles. The molecule has 1 heteroatoms. The molecule has 1 heterocycles. The summed E-state index contributed by atoms with van der Waals surface area (Å²) in [6.45, 7) is 19.5. The smallest absolute Gasteiger partial charge is 0.0192 e. The lowest BCUT2D eigenvalue weighted by Gasteiger charge is -2.23. The SMILES string of the molecule is C=C/C(=C\c1c(C(C)(C)C)c[nH]c1C)C(C)(C)C. The van der Waals surface area contributed by atoms with Crippen molar-refractivity contribution in [2.24, 2.45) is 5.41 Å². The monoisotopic (exact) mass is 245 g/mol. The number of H-pyrrole nitrogens is 1. The maximum absolute atomic E-state index is 3.95. The Morgan fingerprint density at radius 1 is 1.17 bits per heavy atom. The molecule has 0 saturated carbocycles. The van der Waals surface area contributed by atoms with Gasteiger partial charge in [0.1, 0.15) is 0 Å². The first-order chi connectivity index (χ1) is 8.07. The van der Waals surface area contributed by atoms with Gasteiger partial charge in [0.25, 0.3) is 0 Å². The Hall–Kier alpha value is -1.24. The Morgan fingerprint density at radius 2 is 1.72 bits per heavy atom. The highest BCUT2D eigenvalue weighted by Gasteiger charge is 2.21. The van der Waals surface area contributed by atoms with E-state index in [2.05, 4.69) is 72.3 Å². The van der Waals surface area contributed by atoms with Gasteiger partial charge in [-0.2, -0.15) is 0 Å². The molecular formula is C17H27N. The fraction of sp³-hybridized carbons (Fsp3) is 0.529. The average molecular weight is 245 g/mol. The van der Waals surface area contributed by atoms with Gasteiger partial charge in [-0.3, -0.25) is 0 Å². The Morgan fingerprint density at radius 3 is 2.11 bits per heavy atom. The minimum atomic E-state index is 0.126. The summed E-state index contributed by atoms with van der Waals surface area (Å²) in [6, 6.07) is 0. The molecule has 0 spiro atoms. The summed E-state index contributed by atoms with van der Waals surface area (Å²) in [5.74, 6) is 0. The maximum Gasteiger partial charge on any atom is 0.0192 e. The maximum atomic E-state index is 3.95. The molecule has 100 valence electrons. The molecule has 0 bridgehead atoms. The zero-order chi connectivity index (χ0) is 14.1. The van der Waals surface area contributed by atoms with Gasteiger partial charge in [-0.25, -0.2) is 0 Å². The van der Waals surface area contributed by atoms with Crippen LogP contribution in [0.2, 0.25) is 0 Å². The summed E-state index contributed by atoms with van der Waals surface area (Å²) in [6.07, 6.45) is 6.38. The summed E-state index contributed by atoms with van der Waals surface area (Å²) < 4.78 is 0. The molecular weight excluding hydrogens is 218 g/mol. The zero-order valence-corrected chi connectivity index (χ0v) is 12.9. The summed E-state index contributed by atoms with van der Waals surface area (Å²) >= 11 is 0. The molecule has 18 heavy (non-hydrogen) atoms. The Labute approximate surface area is 112 Å². The number of aryl methyl sites for hydroxylation is 1. The number of aromatic amines is 1. The van der Waals surface area contributed by atoms with Gasteiger partial charge in [0.2, 0.25) is 0 Å². The van der Waals surface area contributed by atoms with E-state index in [0.29, 0.717) is 0 Å². The van der Waals surface area contributed by atoms with Crippen molar-refractivity contribution in [3.05, 3.63) is 41.2 Å². The van der Waals surface area contributed by atoms with Crippen LogP contribution in [-0.2, 0) is 5.41 Å². The molecule has 0 saturated heterocycles. The van der Waals surface area contributed by atoms with Crippen LogP contribution in [-0.4, -0.2) is 4.98 Å². The second-order valence-corrected chi connectivity index (χ2v) is 7.04. The highest BCUT2D eigenvalue weighted by Crippen LogP contribution is 2.33. The molecule has 0 amide bonds. The first-order valence-electron chi connectivity index (χ1n) is 6.60. The van der Waals surface area contributed by atoms with Crippen LogP contribution in [0.3, 0.4) is 0 Å². The fourth-order valence-corrected chi connectivity index (χ4v) is 2.08. The van der Waals surface area contributed by atoms with Gasteiger partial charge in [0, 0.05) is 11.9 Å². The van der Waals surface area contributed by atoms with Crippen LogP contribution in [0.1, 0.15) is 58.4 Å². The molecule has 0 aliphatic carbocycles. The first kappa shape index (κ1) is 14.8. The van der Waals surface area contributed by atoms with E-state index in [0.717, 1.165) is 0 Å². The number of hydrogen-bond donors (Lipinski definition) is 1. The number of nitrogens with one attached hydrogen (secondary N) is 1. The van der Waals surface area contributed by atoms with E-state index in [4.69, 9.17) is 0 Å². The standard InChI is InChI=1S/C17H27N/c1-9-13(16(3,4)5)10-14-12(2)18-11-15(14)17(6,7)8/h9-11,18H,1H2,2-8H3/b13-10+. The highest BCUT2D eigenvalue weighted by atomic mass is 14.7. The number of rotatable bonds is 2. The van der Waals surface area contributed by atoms with Crippen LogP contribution in [0.4, 0.5) is 0 Å². The van der Waals surface area contributed by atoms with Crippen molar-refractivity contribution in [1.29, 1.82) is 0 Å². The lowest BCUT2D eigenvalue weighted by Crippen LogP contribution is -2.12. The van der Waals surface area contributed by atoms with Crippen LogP contribution >= 0.6 is 0 Å². The minimum absolute atomic E-state index is 0.126. The van der Waals surface area contributed by atoms with E-state index >= 15 is 0 Å². The quantitative estimate of drug-likeness (QED) is 0.686. The Balaban J connectivity index is 3.38. The number of hydrogen-bond acceptors (Lipinski definition) is 0. The van der Waals surface area contributed by atoms with Crippen LogP contribution < -0.4 is 0 Å². The van der Waals surface area contributed by atoms with Gasteiger partial charge >= 0.3 is 0 Å². The van der Waals surface area contributed by atoms with E-state index in [1.165, 1.54) is 22.4 Å². The second kappa shape index (κ2) is 4.79. The molecule has 0 radical (unpaired) electrons. The molecule has 1 aromatic heterocycles. The fourth-order valence-electron chi connectivity index (χ4n) is 2.08. The van der Waals surface area contributed by atoms with Crippen LogP contribution in [0.5, 0.6) is 0 Å². The minimum Gasteiger partial charge on any atom is -0.364 e. The van der Waals surface area contributed by atoms with E-state index in [9.17, 15) is 0 Å². The third-order valence-electron chi connectivity index (χ3n) is 3.32. The van der Waals surface area contributed by atoms with E-state index < -0.39 is 0 Å². The highest BCUT2D eigenvalue weighted by molar-refractivity contribution is 5.63. The molecule has 0 atom stereocenters. The van der Waals surface area contributed by atoms with E-state index in [-0.39, 0.29) is 10.8 Å². The molecule has 1 N–H and O–H groups in total. The predicted octanol–water partition coefficient (Wildman–Crippen LogP) is 5.24.